The summed E-state index contributed by atoms with van der Waals surface area (Å²) in [6.45, 7) is 9.57. The van der Waals surface area contributed by atoms with Gasteiger partial charge in [0, 0.05) is 17.3 Å². The average molecular weight is 494 g/mol. The number of nitrogens with zero attached hydrogens (tertiary/aromatic N) is 3. The normalized spacial score (nSPS) is 14.8. The van der Waals surface area contributed by atoms with Crippen molar-refractivity contribution in [3.63, 3.8) is 0 Å². The summed E-state index contributed by atoms with van der Waals surface area (Å²) in [6, 6.07) is 10.9. The monoisotopic (exact) mass is 493 g/mol. The molecule has 2 aromatic carbocycles. The van der Waals surface area contributed by atoms with Gasteiger partial charge in [0.25, 0.3) is 17.5 Å². The van der Waals surface area contributed by atoms with Gasteiger partial charge >= 0.3 is 5.97 Å². The van der Waals surface area contributed by atoms with Crippen LogP contribution in [0.3, 0.4) is 0 Å². The Labute approximate surface area is 207 Å². The number of ether oxygens (including phenoxy) is 1. The van der Waals surface area contributed by atoms with Crippen LogP contribution in [0.2, 0.25) is 0 Å². The van der Waals surface area contributed by atoms with Gasteiger partial charge in [-0.1, -0.05) is 32.9 Å². The number of methoxy groups -OCH3 is 1. The molecule has 1 heterocycles. The molecule has 11 heteroatoms. The maximum Gasteiger partial charge on any atom is 0.344 e. The second kappa shape index (κ2) is 9.98. The quantitative estimate of drug-likeness (QED) is 0.271. The Morgan fingerprint density at radius 3 is 2.28 bits per heavy atom. The predicted molar refractivity (Wildman–Crippen MR) is 133 cm³/mol. The molecule has 0 aliphatic carbocycles. The third kappa shape index (κ3) is 5.24. The number of nitrogens with one attached hydrogen (secondary N) is 2. The lowest BCUT2D eigenvalue weighted by Gasteiger charge is -2.20. The summed E-state index contributed by atoms with van der Waals surface area (Å²) in [4.78, 5) is 48.0. The minimum Gasteiger partial charge on any atom is -0.465 e. The molecule has 3 rings (SSSR count). The summed E-state index contributed by atoms with van der Waals surface area (Å²) in [5.74, 6) is -1.96. The zero-order valence-electron chi connectivity index (χ0n) is 20.8. The van der Waals surface area contributed by atoms with Crippen LogP contribution in [-0.2, 0) is 14.9 Å². The van der Waals surface area contributed by atoms with Crippen LogP contribution in [0.5, 0.6) is 0 Å². The minimum absolute atomic E-state index is 0.0312. The van der Waals surface area contributed by atoms with Crippen LogP contribution in [0.4, 0.5) is 11.4 Å². The van der Waals surface area contributed by atoms with E-state index < -0.39 is 22.5 Å². The molecule has 11 nitrogen and oxygen atoms in total. The third-order valence-electron chi connectivity index (χ3n) is 5.60. The van der Waals surface area contributed by atoms with Crippen molar-refractivity contribution in [3.8, 4) is 0 Å². The van der Waals surface area contributed by atoms with E-state index in [4.69, 9.17) is 0 Å². The topological polar surface area (TPSA) is 143 Å². The van der Waals surface area contributed by atoms with Crippen molar-refractivity contribution in [1.82, 2.24) is 10.9 Å². The molecule has 0 saturated heterocycles. The largest absolute Gasteiger partial charge is 0.465 e. The number of esters is 1. The fourth-order valence-corrected chi connectivity index (χ4v) is 3.61. The van der Waals surface area contributed by atoms with Gasteiger partial charge in [0.1, 0.15) is 5.56 Å². The van der Waals surface area contributed by atoms with Crippen molar-refractivity contribution in [2.24, 2.45) is 5.10 Å². The number of nitro groups is 1. The molecular formula is C25H27N5O6. The highest BCUT2D eigenvalue weighted by atomic mass is 16.6. The molecule has 1 aliphatic rings. The van der Waals surface area contributed by atoms with E-state index in [0.717, 1.165) is 24.8 Å². The number of hydrogen-bond donors (Lipinski definition) is 2. The number of hydrogen-bond acceptors (Lipinski definition) is 8. The predicted octanol–water partition coefficient (Wildman–Crippen LogP) is 3.61. The molecule has 0 aromatic heterocycles. The highest BCUT2D eigenvalue weighted by Gasteiger charge is 2.31. The first-order chi connectivity index (χ1) is 16.8. The van der Waals surface area contributed by atoms with Crippen LogP contribution in [0.25, 0.3) is 0 Å². The van der Waals surface area contributed by atoms with Crippen LogP contribution in [0.15, 0.2) is 58.8 Å². The smallest absolute Gasteiger partial charge is 0.344 e. The Bertz CT molecular complexity index is 1310. The number of nitro benzene ring substituents is 1. The van der Waals surface area contributed by atoms with Gasteiger partial charge < -0.3 is 10.2 Å². The number of hydrazone groups is 1. The Hall–Kier alpha value is -4.54. The van der Waals surface area contributed by atoms with Crippen LogP contribution in [-0.4, -0.2) is 35.5 Å². The van der Waals surface area contributed by atoms with Crippen LogP contribution in [0.1, 0.15) is 60.9 Å². The summed E-state index contributed by atoms with van der Waals surface area (Å²) in [7, 11) is 1.10. The highest BCUT2D eigenvalue weighted by Crippen LogP contribution is 2.28. The summed E-state index contributed by atoms with van der Waals surface area (Å²) >= 11 is 0. The van der Waals surface area contributed by atoms with E-state index in [1.165, 1.54) is 11.1 Å². The molecule has 0 radical (unpaired) electrons. The molecule has 0 unspecified atom stereocenters. The standard InChI is InChI=1S/C25H27N5O6/c1-14(26-27-22(31)16-7-12-19(24(33)36-6)20(13-16)30(34)35)21-15(2)28-29(23(21)32)18-10-8-17(9-11-18)25(3,4)5/h7-13,26H,1-6H3,(H,27,31). The van der Waals surface area contributed by atoms with Crippen molar-refractivity contribution < 1.29 is 24.0 Å². The van der Waals surface area contributed by atoms with Crippen molar-refractivity contribution in [3.05, 3.63) is 80.5 Å². The van der Waals surface area contributed by atoms with Gasteiger partial charge in [-0.15, -0.1) is 0 Å². The summed E-state index contributed by atoms with van der Waals surface area (Å²) in [5.41, 5.74) is 6.95. The molecule has 0 atom stereocenters. The number of hydrazine groups is 1. The Morgan fingerprint density at radius 1 is 1.08 bits per heavy atom. The molecule has 2 N–H and O–H groups in total. The lowest BCUT2D eigenvalue weighted by Crippen LogP contribution is -2.38. The first-order valence-electron chi connectivity index (χ1n) is 11.0. The highest BCUT2D eigenvalue weighted by molar-refractivity contribution is 6.30. The van der Waals surface area contributed by atoms with Gasteiger partial charge in [0.15, 0.2) is 0 Å². The van der Waals surface area contributed by atoms with E-state index in [1.807, 2.05) is 24.3 Å². The van der Waals surface area contributed by atoms with Crippen molar-refractivity contribution in [2.75, 3.05) is 12.1 Å². The molecule has 188 valence electrons. The third-order valence-corrected chi connectivity index (χ3v) is 5.60. The van der Waals surface area contributed by atoms with E-state index in [-0.39, 0.29) is 28.0 Å². The van der Waals surface area contributed by atoms with E-state index in [2.05, 4.69) is 41.5 Å². The Morgan fingerprint density at radius 2 is 1.72 bits per heavy atom. The SMILES string of the molecule is COC(=O)c1ccc(C(=O)NNC(C)=C2C(=O)N(c3ccc(C(C)(C)C)cc3)N=C2C)cc1[N+](=O)[O-]. The van der Waals surface area contributed by atoms with Gasteiger partial charge in [0.2, 0.25) is 0 Å². The number of carbonyl (C=O) groups is 3. The maximum absolute atomic E-state index is 13.1. The Balaban J connectivity index is 1.77. The van der Waals surface area contributed by atoms with E-state index in [0.29, 0.717) is 17.1 Å². The number of anilines is 1. The number of amides is 2. The number of benzene rings is 2. The Kier molecular flexibility index (Phi) is 7.23. The van der Waals surface area contributed by atoms with Gasteiger partial charge in [-0.2, -0.15) is 10.1 Å². The van der Waals surface area contributed by atoms with Crippen LogP contribution in [0, 0.1) is 10.1 Å². The maximum atomic E-state index is 13.1. The molecule has 2 amide bonds. The zero-order valence-corrected chi connectivity index (χ0v) is 20.8. The van der Waals surface area contributed by atoms with Crippen LogP contribution >= 0.6 is 0 Å². The molecule has 0 bridgehead atoms. The molecule has 2 aromatic rings. The van der Waals surface area contributed by atoms with Gasteiger partial charge in [0.05, 0.1) is 29.0 Å². The minimum atomic E-state index is -0.889. The summed E-state index contributed by atoms with van der Waals surface area (Å²) in [5, 5.41) is 17.0. The van der Waals surface area contributed by atoms with E-state index >= 15 is 0 Å². The lowest BCUT2D eigenvalue weighted by molar-refractivity contribution is -0.385. The molecule has 36 heavy (non-hydrogen) atoms. The van der Waals surface area contributed by atoms with Gasteiger partial charge in [-0.3, -0.25) is 25.1 Å². The average Bonchev–Trinajstić information content (AvgIpc) is 3.14. The van der Waals surface area contributed by atoms with Crippen LogP contribution < -0.4 is 15.9 Å². The second-order valence-electron chi connectivity index (χ2n) is 9.16. The van der Waals surface area contributed by atoms with E-state index in [9.17, 15) is 24.5 Å². The zero-order chi connectivity index (χ0) is 26.8. The molecule has 0 saturated carbocycles. The van der Waals surface area contributed by atoms with Crippen molar-refractivity contribution in [2.45, 2.75) is 40.0 Å². The van der Waals surface area contributed by atoms with Gasteiger partial charge in [-0.25, -0.2) is 4.79 Å². The summed E-state index contributed by atoms with van der Waals surface area (Å²) < 4.78 is 4.54. The van der Waals surface area contributed by atoms with Crippen molar-refractivity contribution in [1.29, 1.82) is 0 Å². The number of carbonyl (C=O) groups excluding carboxylic acids is 3. The fraction of sp³-hybridized carbons (Fsp3) is 0.280. The van der Waals surface area contributed by atoms with E-state index in [1.54, 1.807) is 13.8 Å². The molecule has 0 spiro atoms. The molecular weight excluding hydrogens is 466 g/mol. The lowest BCUT2D eigenvalue weighted by atomic mass is 9.87. The van der Waals surface area contributed by atoms with Crippen molar-refractivity contribution >= 4 is 34.9 Å². The number of allylic oxidation sites excluding steroid dienone is 1. The fourth-order valence-electron chi connectivity index (χ4n) is 3.61. The first kappa shape index (κ1) is 26.1. The molecule has 1 aliphatic heterocycles. The summed E-state index contributed by atoms with van der Waals surface area (Å²) in [6.07, 6.45) is 0. The van der Waals surface area contributed by atoms with Gasteiger partial charge in [-0.05, 0) is 49.1 Å². The molecule has 0 fully saturated rings. The number of rotatable bonds is 6. The first-order valence-corrected chi connectivity index (χ1v) is 11.0. The second-order valence-corrected chi connectivity index (χ2v) is 9.16.